The topological polar surface area (TPSA) is 55.4 Å². The van der Waals surface area contributed by atoms with Gasteiger partial charge in [-0.3, -0.25) is 0 Å². The molecule has 0 aliphatic rings. The summed E-state index contributed by atoms with van der Waals surface area (Å²) in [5.41, 5.74) is -0.437. The van der Waals surface area contributed by atoms with Gasteiger partial charge < -0.3 is 9.47 Å². The highest BCUT2D eigenvalue weighted by molar-refractivity contribution is 4.77. The summed E-state index contributed by atoms with van der Waals surface area (Å²) in [6.45, 7) is 6.17. The SMILES string of the molecule is CCOOCC(COC)(COC)COOCC. The first-order chi connectivity index (χ1) is 8.24. The lowest BCUT2D eigenvalue weighted by molar-refractivity contribution is -0.345. The van der Waals surface area contributed by atoms with Crippen molar-refractivity contribution >= 4 is 0 Å². The minimum Gasteiger partial charge on any atom is -0.384 e. The zero-order chi connectivity index (χ0) is 13.0. The molecule has 6 nitrogen and oxygen atoms in total. The highest BCUT2D eigenvalue weighted by atomic mass is 17.2. The standard InChI is InChI=1S/C11H24O6/c1-5-14-16-9-11(7-12-3,8-13-4)10-17-15-6-2/h5-10H2,1-4H3. The fourth-order valence-electron chi connectivity index (χ4n) is 1.36. The quantitative estimate of drug-likeness (QED) is 0.295. The number of hydrogen-bond acceptors (Lipinski definition) is 6. The Balaban J connectivity index is 4.25. The Kier molecular flexibility index (Phi) is 10.7. The monoisotopic (exact) mass is 252 g/mol. The largest absolute Gasteiger partial charge is 0.384 e. The minimum atomic E-state index is -0.437. The Hall–Kier alpha value is -0.240. The lowest BCUT2D eigenvalue weighted by Crippen LogP contribution is -2.41. The molecular formula is C11H24O6. The molecule has 0 aromatic heterocycles. The Labute approximate surface area is 103 Å². The molecule has 0 amide bonds. The highest BCUT2D eigenvalue weighted by Crippen LogP contribution is 2.20. The molecular weight excluding hydrogens is 228 g/mol. The Morgan fingerprint density at radius 3 is 1.35 bits per heavy atom. The molecule has 0 bridgehead atoms. The number of methoxy groups -OCH3 is 2. The third-order valence-electron chi connectivity index (χ3n) is 2.03. The predicted octanol–water partition coefficient (Wildman–Crippen LogP) is 1.20. The van der Waals surface area contributed by atoms with Gasteiger partial charge in [-0.2, -0.15) is 0 Å². The van der Waals surface area contributed by atoms with Gasteiger partial charge in [0.15, 0.2) is 0 Å². The molecule has 0 saturated carbocycles. The number of rotatable bonds is 12. The fourth-order valence-corrected chi connectivity index (χ4v) is 1.36. The second-order valence-electron chi connectivity index (χ2n) is 3.70. The second kappa shape index (κ2) is 10.9. The van der Waals surface area contributed by atoms with Crippen LogP contribution in [0.2, 0.25) is 0 Å². The molecule has 0 rings (SSSR count). The molecule has 17 heavy (non-hydrogen) atoms. The van der Waals surface area contributed by atoms with Crippen molar-refractivity contribution in [2.75, 3.05) is 53.9 Å². The zero-order valence-corrected chi connectivity index (χ0v) is 11.2. The second-order valence-corrected chi connectivity index (χ2v) is 3.70. The highest BCUT2D eigenvalue weighted by Gasteiger charge is 2.33. The van der Waals surface area contributed by atoms with Gasteiger partial charge in [0.1, 0.15) is 0 Å². The molecule has 0 N–H and O–H groups in total. The Morgan fingerprint density at radius 1 is 0.647 bits per heavy atom. The summed E-state index contributed by atoms with van der Waals surface area (Å²) in [5.74, 6) is 0. The molecule has 0 radical (unpaired) electrons. The molecule has 0 aromatic carbocycles. The van der Waals surface area contributed by atoms with Crippen LogP contribution in [0.3, 0.4) is 0 Å². The van der Waals surface area contributed by atoms with Crippen molar-refractivity contribution in [3.05, 3.63) is 0 Å². The molecule has 0 heterocycles. The van der Waals surface area contributed by atoms with Crippen molar-refractivity contribution in [3.63, 3.8) is 0 Å². The predicted molar refractivity (Wildman–Crippen MR) is 61.3 cm³/mol. The van der Waals surface area contributed by atoms with Crippen LogP contribution in [0, 0.1) is 5.41 Å². The molecule has 0 saturated heterocycles. The number of ether oxygens (including phenoxy) is 2. The maximum absolute atomic E-state index is 5.17. The Bertz CT molecular complexity index is 146. The van der Waals surface area contributed by atoms with E-state index in [1.807, 2.05) is 13.8 Å². The first-order valence-corrected chi connectivity index (χ1v) is 5.71. The van der Waals surface area contributed by atoms with Crippen LogP contribution in [-0.4, -0.2) is 53.9 Å². The van der Waals surface area contributed by atoms with Crippen LogP contribution in [0.1, 0.15) is 13.8 Å². The van der Waals surface area contributed by atoms with E-state index in [1.165, 1.54) is 0 Å². The molecule has 0 aromatic rings. The van der Waals surface area contributed by atoms with E-state index >= 15 is 0 Å². The zero-order valence-electron chi connectivity index (χ0n) is 11.2. The van der Waals surface area contributed by atoms with Crippen molar-refractivity contribution in [2.45, 2.75) is 13.8 Å². The average Bonchev–Trinajstić information content (AvgIpc) is 2.30. The van der Waals surface area contributed by atoms with Crippen molar-refractivity contribution in [1.29, 1.82) is 0 Å². The molecule has 104 valence electrons. The minimum absolute atomic E-state index is 0.315. The molecule has 0 fully saturated rings. The van der Waals surface area contributed by atoms with Gasteiger partial charge in [-0.25, -0.2) is 19.6 Å². The van der Waals surface area contributed by atoms with Gasteiger partial charge in [0.2, 0.25) is 0 Å². The first-order valence-electron chi connectivity index (χ1n) is 5.71. The van der Waals surface area contributed by atoms with Crippen LogP contribution in [0.15, 0.2) is 0 Å². The molecule has 0 atom stereocenters. The lowest BCUT2D eigenvalue weighted by Gasteiger charge is -2.30. The van der Waals surface area contributed by atoms with Gasteiger partial charge >= 0.3 is 0 Å². The molecule has 0 unspecified atom stereocenters. The van der Waals surface area contributed by atoms with Crippen molar-refractivity contribution in [2.24, 2.45) is 5.41 Å². The van der Waals surface area contributed by atoms with Gasteiger partial charge in [0.05, 0.1) is 45.1 Å². The van der Waals surface area contributed by atoms with Crippen molar-refractivity contribution in [3.8, 4) is 0 Å². The molecule has 0 spiro atoms. The fraction of sp³-hybridized carbons (Fsp3) is 1.00. The van der Waals surface area contributed by atoms with E-state index in [0.717, 1.165) is 0 Å². The van der Waals surface area contributed by atoms with Crippen LogP contribution in [0.4, 0.5) is 0 Å². The van der Waals surface area contributed by atoms with Gasteiger partial charge in [-0.1, -0.05) is 0 Å². The smallest absolute Gasteiger partial charge is 0.0946 e. The Morgan fingerprint density at radius 2 is 1.06 bits per heavy atom. The molecule has 0 aliphatic carbocycles. The van der Waals surface area contributed by atoms with E-state index < -0.39 is 5.41 Å². The normalized spacial score (nSPS) is 12.0. The third kappa shape index (κ3) is 7.64. The summed E-state index contributed by atoms with van der Waals surface area (Å²) >= 11 is 0. The van der Waals surface area contributed by atoms with E-state index in [0.29, 0.717) is 39.6 Å². The van der Waals surface area contributed by atoms with E-state index in [1.54, 1.807) is 14.2 Å². The summed E-state index contributed by atoms with van der Waals surface area (Å²) in [7, 11) is 3.23. The van der Waals surface area contributed by atoms with Crippen molar-refractivity contribution < 1.29 is 29.0 Å². The maximum atomic E-state index is 5.17. The molecule has 0 aliphatic heterocycles. The van der Waals surface area contributed by atoms with Crippen LogP contribution in [-0.2, 0) is 29.0 Å². The van der Waals surface area contributed by atoms with Crippen LogP contribution >= 0.6 is 0 Å². The number of hydrogen-bond donors (Lipinski definition) is 0. The average molecular weight is 252 g/mol. The van der Waals surface area contributed by atoms with Gasteiger partial charge in [-0.05, 0) is 13.8 Å². The lowest BCUT2D eigenvalue weighted by atomic mass is 9.92. The first kappa shape index (κ1) is 16.8. The summed E-state index contributed by atoms with van der Waals surface area (Å²) in [6.07, 6.45) is 0. The van der Waals surface area contributed by atoms with E-state index in [2.05, 4.69) is 0 Å². The van der Waals surface area contributed by atoms with Crippen LogP contribution < -0.4 is 0 Å². The summed E-state index contributed by atoms with van der Waals surface area (Å²) in [4.78, 5) is 19.9. The van der Waals surface area contributed by atoms with E-state index in [4.69, 9.17) is 29.0 Å². The van der Waals surface area contributed by atoms with E-state index in [9.17, 15) is 0 Å². The summed E-state index contributed by atoms with van der Waals surface area (Å²) in [6, 6.07) is 0. The maximum Gasteiger partial charge on any atom is 0.0946 e. The third-order valence-corrected chi connectivity index (χ3v) is 2.03. The van der Waals surface area contributed by atoms with Gasteiger partial charge in [-0.15, -0.1) is 0 Å². The van der Waals surface area contributed by atoms with Crippen LogP contribution in [0.5, 0.6) is 0 Å². The summed E-state index contributed by atoms with van der Waals surface area (Å²) < 4.78 is 10.3. The summed E-state index contributed by atoms with van der Waals surface area (Å²) in [5, 5.41) is 0. The molecule has 6 heteroatoms. The van der Waals surface area contributed by atoms with Crippen molar-refractivity contribution in [1.82, 2.24) is 0 Å². The van der Waals surface area contributed by atoms with Gasteiger partial charge in [0, 0.05) is 14.2 Å². The van der Waals surface area contributed by atoms with E-state index in [-0.39, 0.29) is 0 Å². The van der Waals surface area contributed by atoms with Gasteiger partial charge in [0.25, 0.3) is 0 Å². The van der Waals surface area contributed by atoms with Crippen LogP contribution in [0.25, 0.3) is 0 Å².